The normalized spacial score (nSPS) is 19.4. The van der Waals surface area contributed by atoms with Crippen LogP contribution in [0.4, 0.5) is 4.79 Å². The third kappa shape index (κ3) is 3.22. The maximum Gasteiger partial charge on any atom is 0.325 e. The Labute approximate surface area is 159 Å². The lowest BCUT2D eigenvalue weighted by Crippen LogP contribution is -2.41. The van der Waals surface area contributed by atoms with Crippen molar-refractivity contribution in [3.05, 3.63) is 64.1 Å². The molecule has 1 fully saturated rings. The minimum atomic E-state index is -1.21. The number of urea groups is 1. The molecule has 134 valence electrons. The first-order chi connectivity index (χ1) is 12.3. The van der Waals surface area contributed by atoms with Gasteiger partial charge in [0, 0.05) is 10.0 Å². The van der Waals surface area contributed by atoms with E-state index in [9.17, 15) is 14.4 Å². The van der Waals surface area contributed by atoms with Crippen molar-refractivity contribution in [2.75, 3.05) is 13.7 Å². The first-order valence-corrected chi connectivity index (χ1v) is 8.72. The predicted octanol–water partition coefficient (Wildman–Crippen LogP) is 3.11. The van der Waals surface area contributed by atoms with Crippen LogP contribution in [0.1, 0.15) is 22.8 Å². The zero-order valence-corrected chi connectivity index (χ0v) is 15.9. The van der Waals surface area contributed by atoms with Gasteiger partial charge in [-0.1, -0.05) is 28.1 Å². The number of imide groups is 1. The second-order valence-corrected chi connectivity index (χ2v) is 7.02. The van der Waals surface area contributed by atoms with E-state index in [2.05, 4.69) is 21.2 Å². The van der Waals surface area contributed by atoms with Crippen molar-refractivity contribution in [2.45, 2.75) is 12.5 Å². The molecule has 26 heavy (non-hydrogen) atoms. The summed E-state index contributed by atoms with van der Waals surface area (Å²) in [5.74, 6) is -0.157. The third-order valence-corrected chi connectivity index (χ3v) is 4.88. The third-order valence-electron chi connectivity index (χ3n) is 4.39. The number of nitrogens with zero attached hydrogens (tertiary/aromatic N) is 1. The van der Waals surface area contributed by atoms with Gasteiger partial charge >= 0.3 is 6.03 Å². The molecule has 2 aromatic carbocycles. The van der Waals surface area contributed by atoms with Crippen LogP contribution in [0.25, 0.3) is 0 Å². The second kappa shape index (κ2) is 6.92. The molecular formula is C19H17BrN2O4. The molecule has 3 rings (SSSR count). The highest BCUT2D eigenvalue weighted by Gasteiger charge is 2.49. The fraction of sp³-hybridized carbons (Fsp3) is 0.211. The Bertz CT molecular complexity index is 881. The van der Waals surface area contributed by atoms with Crippen LogP contribution in [-0.2, 0) is 10.3 Å². The SMILES string of the molecule is COc1ccc(C(=O)CN2C(=O)N[C@@](C)(c3cccc(Br)c3)C2=O)cc1. The molecule has 0 spiro atoms. The predicted molar refractivity (Wildman–Crippen MR) is 99.1 cm³/mol. The lowest BCUT2D eigenvalue weighted by atomic mass is 9.92. The lowest BCUT2D eigenvalue weighted by molar-refractivity contribution is -0.130. The standard InChI is InChI=1S/C19H17BrN2O4/c1-19(13-4-3-5-14(20)10-13)17(24)22(18(25)21-19)11-16(23)12-6-8-15(26-2)9-7-12/h3-10H,11H2,1-2H3,(H,21,25)/t19-/m0/s1. The number of ether oxygens (including phenoxy) is 1. The van der Waals surface area contributed by atoms with Crippen molar-refractivity contribution in [1.82, 2.24) is 10.2 Å². The van der Waals surface area contributed by atoms with Crippen molar-refractivity contribution in [3.63, 3.8) is 0 Å². The van der Waals surface area contributed by atoms with Crippen LogP contribution in [0, 0.1) is 0 Å². The summed E-state index contributed by atoms with van der Waals surface area (Å²) in [6.07, 6.45) is 0. The van der Waals surface area contributed by atoms with Crippen LogP contribution in [0.5, 0.6) is 5.75 Å². The summed E-state index contributed by atoms with van der Waals surface area (Å²) in [5.41, 5.74) is -0.159. The fourth-order valence-electron chi connectivity index (χ4n) is 2.85. The topological polar surface area (TPSA) is 75.7 Å². The molecule has 3 amide bonds. The van der Waals surface area contributed by atoms with Crippen LogP contribution in [0.3, 0.4) is 0 Å². The number of carbonyl (C=O) groups is 3. The van der Waals surface area contributed by atoms with E-state index in [1.807, 2.05) is 6.07 Å². The van der Waals surface area contributed by atoms with Crippen molar-refractivity contribution < 1.29 is 19.1 Å². The molecule has 6 nitrogen and oxygen atoms in total. The maximum atomic E-state index is 12.9. The number of nitrogens with one attached hydrogen (secondary N) is 1. The van der Waals surface area contributed by atoms with Gasteiger partial charge in [-0.25, -0.2) is 4.79 Å². The van der Waals surface area contributed by atoms with Crippen LogP contribution in [0.15, 0.2) is 53.0 Å². The Morgan fingerprint density at radius 3 is 2.50 bits per heavy atom. The lowest BCUT2D eigenvalue weighted by Gasteiger charge is -2.22. The molecule has 1 aliphatic heterocycles. The number of hydrogen-bond acceptors (Lipinski definition) is 4. The summed E-state index contributed by atoms with van der Waals surface area (Å²) in [5, 5.41) is 2.69. The summed E-state index contributed by atoms with van der Waals surface area (Å²) < 4.78 is 5.86. The fourth-order valence-corrected chi connectivity index (χ4v) is 3.25. The van der Waals surface area contributed by atoms with Gasteiger partial charge in [0.2, 0.25) is 0 Å². The summed E-state index contributed by atoms with van der Waals surface area (Å²) >= 11 is 3.36. The molecule has 1 aliphatic rings. The van der Waals surface area contributed by atoms with E-state index in [0.29, 0.717) is 16.9 Å². The molecule has 7 heteroatoms. The van der Waals surface area contributed by atoms with Gasteiger partial charge in [0.15, 0.2) is 5.78 Å². The molecule has 0 saturated carbocycles. The van der Waals surface area contributed by atoms with Crippen molar-refractivity contribution in [1.29, 1.82) is 0 Å². The smallest absolute Gasteiger partial charge is 0.325 e. The average Bonchev–Trinajstić information content (AvgIpc) is 2.86. The largest absolute Gasteiger partial charge is 0.497 e. The first-order valence-electron chi connectivity index (χ1n) is 7.92. The van der Waals surface area contributed by atoms with Crippen LogP contribution in [0.2, 0.25) is 0 Å². The molecule has 0 aromatic heterocycles. The van der Waals surface area contributed by atoms with Crippen molar-refractivity contribution in [2.24, 2.45) is 0 Å². The number of methoxy groups -OCH3 is 1. The average molecular weight is 417 g/mol. The summed E-state index contributed by atoms with van der Waals surface area (Å²) in [6, 6.07) is 13.1. The van der Waals surface area contributed by atoms with Gasteiger partial charge in [-0.05, 0) is 48.9 Å². The highest BCUT2D eigenvalue weighted by atomic mass is 79.9. The van der Waals surface area contributed by atoms with Gasteiger partial charge < -0.3 is 10.1 Å². The van der Waals surface area contributed by atoms with E-state index in [1.165, 1.54) is 7.11 Å². The van der Waals surface area contributed by atoms with Crippen molar-refractivity contribution in [3.8, 4) is 5.75 Å². The molecule has 1 atom stereocenters. The number of rotatable bonds is 5. The highest BCUT2D eigenvalue weighted by molar-refractivity contribution is 9.10. The van der Waals surface area contributed by atoms with Crippen LogP contribution < -0.4 is 10.1 Å². The van der Waals surface area contributed by atoms with Crippen LogP contribution in [-0.4, -0.2) is 36.3 Å². The second-order valence-electron chi connectivity index (χ2n) is 6.11. The van der Waals surface area contributed by atoms with E-state index in [-0.39, 0.29) is 12.3 Å². The first kappa shape index (κ1) is 18.1. The molecule has 1 saturated heterocycles. The Morgan fingerprint density at radius 2 is 1.88 bits per heavy atom. The monoisotopic (exact) mass is 416 g/mol. The zero-order valence-electron chi connectivity index (χ0n) is 14.3. The van der Waals surface area contributed by atoms with Gasteiger partial charge in [-0.3, -0.25) is 14.5 Å². The van der Waals surface area contributed by atoms with E-state index < -0.39 is 17.5 Å². The Kier molecular flexibility index (Phi) is 4.82. The number of amides is 3. The molecule has 0 bridgehead atoms. The number of Topliss-reactive ketones (excluding diaryl/α,β-unsaturated/α-hetero) is 1. The number of carbonyl (C=O) groups excluding carboxylic acids is 3. The van der Waals surface area contributed by atoms with Gasteiger partial charge in [0.1, 0.15) is 11.3 Å². The molecule has 1 N–H and O–H groups in total. The number of hydrogen-bond donors (Lipinski definition) is 1. The van der Waals surface area contributed by atoms with E-state index in [1.54, 1.807) is 49.4 Å². The number of halogens is 1. The molecule has 0 radical (unpaired) electrons. The van der Waals surface area contributed by atoms with Crippen LogP contribution >= 0.6 is 15.9 Å². The van der Waals surface area contributed by atoms with E-state index in [4.69, 9.17) is 4.74 Å². The molecule has 0 aliphatic carbocycles. The highest BCUT2D eigenvalue weighted by Crippen LogP contribution is 2.30. The molecule has 1 heterocycles. The van der Waals surface area contributed by atoms with E-state index >= 15 is 0 Å². The molecule has 0 unspecified atom stereocenters. The molecule has 2 aromatic rings. The number of benzene rings is 2. The van der Waals surface area contributed by atoms with Gasteiger partial charge in [-0.2, -0.15) is 0 Å². The maximum absolute atomic E-state index is 12.9. The molecular weight excluding hydrogens is 400 g/mol. The minimum Gasteiger partial charge on any atom is -0.497 e. The summed E-state index contributed by atoms with van der Waals surface area (Å²) in [7, 11) is 1.53. The Balaban J connectivity index is 1.81. The Hall–Kier alpha value is -2.67. The van der Waals surface area contributed by atoms with Gasteiger partial charge in [0.05, 0.1) is 13.7 Å². The minimum absolute atomic E-state index is 0.319. The quantitative estimate of drug-likeness (QED) is 0.599. The zero-order chi connectivity index (χ0) is 18.9. The Morgan fingerprint density at radius 1 is 1.19 bits per heavy atom. The van der Waals surface area contributed by atoms with Gasteiger partial charge in [-0.15, -0.1) is 0 Å². The van der Waals surface area contributed by atoms with E-state index in [0.717, 1.165) is 9.37 Å². The summed E-state index contributed by atoms with van der Waals surface area (Å²) in [4.78, 5) is 38.6. The number of ketones is 1. The van der Waals surface area contributed by atoms with Crippen molar-refractivity contribution >= 4 is 33.7 Å². The van der Waals surface area contributed by atoms with Gasteiger partial charge in [0.25, 0.3) is 5.91 Å². The summed E-state index contributed by atoms with van der Waals surface area (Å²) in [6.45, 7) is 1.31.